The number of nitrogens with one attached hydrogen (secondary N) is 1. The van der Waals surface area contributed by atoms with Gasteiger partial charge in [0.2, 0.25) is 5.95 Å². The van der Waals surface area contributed by atoms with Crippen LogP contribution in [0.15, 0.2) is 12.3 Å². The Balaban J connectivity index is 2.39. The van der Waals surface area contributed by atoms with Crippen LogP contribution in [-0.4, -0.2) is 56.1 Å². The standard InChI is InChI=1S/C11H21N5/c1-15(2)9-5-7-12-10-6-8-13-11(14-10)16(3)4/h6,8H,5,7,9H2,1-4H3,(H,12,13,14). The van der Waals surface area contributed by atoms with Crippen molar-refractivity contribution in [2.24, 2.45) is 0 Å². The van der Waals surface area contributed by atoms with Crippen LogP contribution < -0.4 is 10.2 Å². The van der Waals surface area contributed by atoms with Gasteiger partial charge in [-0.2, -0.15) is 4.98 Å². The summed E-state index contributed by atoms with van der Waals surface area (Å²) in [5.41, 5.74) is 0. The molecular weight excluding hydrogens is 202 g/mol. The van der Waals surface area contributed by atoms with Gasteiger partial charge in [-0.25, -0.2) is 4.98 Å². The molecule has 0 atom stereocenters. The second kappa shape index (κ2) is 6.27. The third-order valence-electron chi connectivity index (χ3n) is 2.13. The SMILES string of the molecule is CN(C)CCCNc1ccnc(N(C)C)n1. The summed E-state index contributed by atoms with van der Waals surface area (Å²) in [5.74, 6) is 1.62. The minimum atomic E-state index is 0.734. The van der Waals surface area contributed by atoms with Gasteiger partial charge in [0.15, 0.2) is 0 Å². The van der Waals surface area contributed by atoms with Gasteiger partial charge in [0.25, 0.3) is 0 Å². The molecule has 90 valence electrons. The molecule has 0 aliphatic carbocycles. The molecule has 0 fully saturated rings. The van der Waals surface area contributed by atoms with E-state index in [1.807, 2.05) is 25.1 Å². The molecule has 0 aromatic carbocycles. The highest BCUT2D eigenvalue weighted by atomic mass is 15.2. The molecule has 1 aromatic heterocycles. The number of nitrogens with zero attached hydrogens (tertiary/aromatic N) is 4. The highest BCUT2D eigenvalue weighted by molar-refractivity contribution is 5.40. The van der Waals surface area contributed by atoms with Crippen LogP contribution in [0.5, 0.6) is 0 Å². The van der Waals surface area contributed by atoms with Gasteiger partial charge in [-0.3, -0.25) is 0 Å². The molecule has 0 spiro atoms. The molecule has 0 unspecified atom stereocenters. The Hall–Kier alpha value is -1.36. The molecule has 0 aliphatic rings. The Kier molecular flexibility index (Phi) is 4.98. The molecule has 5 nitrogen and oxygen atoms in total. The number of aromatic nitrogens is 2. The lowest BCUT2D eigenvalue weighted by Crippen LogP contribution is -2.17. The van der Waals surface area contributed by atoms with E-state index in [0.717, 1.165) is 31.3 Å². The minimum absolute atomic E-state index is 0.734. The number of hydrogen-bond donors (Lipinski definition) is 1. The lowest BCUT2D eigenvalue weighted by Gasteiger charge is -2.12. The average molecular weight is 223 g/mol. The summed E-state index contributed by atoms with van der Waals surface area (Å²) in [5, 5.41) is 3.29. The molecule has 0 saturated carbocycles. The topological polar surface area (TPSA) is 44.3 Å². The first-order valence-electron chi connectivity index (χ1n) is 5.48. The fourth-order valence-corrected chi connectivity index (χ4v) is 1.27. The maximum Gasteiger partial charge on any atom is 0.226 e. The zero-order chi connectivity index (χ0) is 12.0. The van der Waals surface area contributed by atoms with Crippen LogP contribution in [0.2, 0.25) is 0 Å². The van der Waals surface area contributed by atoms with E-state index in [-0.39, 0.29) is 0 Å². The minimum Gasteiger partial charge on any atom is -0.370 e. The fourth-order valence-electron chi connectivity index (χ4n) is 1.27. The van der Waals surface area contributed by atoms with Crippen LogP contribution in [-0.2, 0) is 0 Å². The molecule has 1 heterocycles. The van der Waals surface area contributed by atoms with Crippen molar-refractivity contribution >= 4 is 11.8 Å². The van der Waals surface area contributed by atoms with Crippen molar-refractivity contribution in [3.8, 4) is 0 Å². The molecule has 0 radical (unpaired) electrons. The molecule has 1 aromatic rings. The summed E-state index contributed by atoms with van der Waals surface area (Å²) in [4.78, 5) is 12.6. The van der Waals surface area contributed by atoms with E-state index in [0.29, 0.717) is 0 Å². The maximum atomic E-state index is 4.38. The molecule has 0 saturated heterocycles. The van der Waals surface area contributed by atoms with Gasteiger partial charge < -0.3 is 15.1 Å². The Morgan fingerprint density at radius 1 is 1.25 bits per heavy atom. The third-order valence-corrected chi connectivity index (χ3v) is 2.13. The lowest BCUT2D eigenvalue weighted by atomic mass is 10.4. The van der Waals surface area contributed by atoms with Crippen molar-refractivity contribution in [2.75, 3.05) is 51.5 Å². The fraction of sp³-hybridized carbons (Fsp3) is 0.636. The predicted octanol–water partition coefficient (Wildman–Crippen LogP) is 0.906. The van der Waals surface area contributed by atoms with Gasteiger partial charge in [-0.1, -0.05) is 0 Å². The molecule has 1 N–H and O–H groups in total. The van der Waals surface area contributed by atoms with Gasteiger partial charge in [0, 0.05) is 26.8 Å². The molecule has 1 rings (SSSR count). The van der Waals surface area contributed by atoms with Crippen LogP contribution in [0.1, 0.15) is 6.42 Å². The van der Waals surface area contributed by atoms with Gasteiger partial charge in [-0.05, 0) is 33.1 Å². The molecule has 0 amide bonds. The van der Waals surface area contributed by atoms with Crippen LogP contribution in [0.25, 0.3) is 0 Å². The number of rotatable bonds is 6. The Morgan fingerprint density at radius 3 is 2.62 bits per heavy atom. The number of anilines is 2. The summed E-state index contributed by atoms with van der Waals surface area (Å²) in [7, 11) is 8.03. The largest absolute Gasteiger partial charge is 0.370 e. The van der Waals surface area contributed by atoms with Crippen LogP contribution in [0.4, 0.5) is 11.8 Å². The summed E-state index contributed by atoms with van der Waals surface area (Å²) in [6.45, 7) is 2.01. The first kappa shape index (κ1) is 12.7. The lowest BCUT2D eigenvalue weighted by molar-refractivity contribution is 0.405. The Morgan fingerprint density at radius 2 is 2.00 bits per heavy atom. The first-order chi connectivity index (χ1) is 7.59. The van der Waals surface area contributed by atoms with Crippen LogP contribution in [0.3, 0.4) is 0 Å². The Bertz CT molecular complexity index is 311. The zero-order valence-corrected chi connectivity index (χ0v) is 10.6. The molecule has 0 bridgehead atoms. The van der Waals surface area contributed by atoms with E-state index in [1.54, 1.807) is 6.20 Å². The van der Waals surface area contributed by atoms with Gasteiger partial charge >= 0.3 is 0 Å². The second-order valence-corrected chi connectivity index (χ2v) is 4.22. The zero-order valence-electron chi connectivity index (χ0n) is 10.6. The van der Waals surface area contributed by atoms with E-state index in [4.69, 9.17) is 0 Å². The molecule has 0 aliphatic heterocycles. The van der Waals surface area contributed by atoms with Crippen molar-refractivity contribution in [3.05, 3.63) is 12.3 Å². The molecular formula is C11H21N5. The number of hydrogen-bond acceptors (Lipinski definition) is 5. The van der Waals surface area contributed by atoms with Gasteiger partial charge in [0.05, 0.1) is 0 Å². The summed E-state index contributed by atoms with van der Waals surface area (Å²) in [6.07, 6.45) is 2.88. The van der Waals surface area contributed by atoms with E-state index in [9.17, 15) is 0 Å². The highest BCUT2D eigenvalue weighted by Crippen LogP contribution is 2.07. The molecule has 5 heteroatoms. The van der Waals surface area contributed by atoms with Crippen LogP contribution in [0, 0.1) is 0 Å². The van der Waals surface area contributed by atoms with Crippen molar-refractivity contribution in [2.45, 2.75) is 6.42 Å². The van der Waals surface area contributed by atoms with Crippen molar-refractivity contribution in [3.63, 3.8) is 0 Å². The van der Waals surface area contributed by atoms with E-state index in [2.05, 4.69) is 34.3 Å². The highest BCUT2D eigenvalue weighted by Gasteiger charge is 2.00. The van der Waals surface area contributed by atoms with Crippen molar-refractivity contribution < 1.29 is 0 Å². The molecule has 16 heavy (non-hydrogen) atoms. The van der Waals surface area contributed by atoms with E-state index in [1.165, 1.54) is 0 Å². The van der Waals surface area contributed by atoms with E-state index < -0.39 is 0 Å². The third kappa shape index (κ3) is 4.44. The maximum absolute atomic E-state index is 4.38. The average Bonchev–Trinajstić information content (AvgIpc) is 2.24. The summed E-state index contributed by atoms with van der Waals surface area (Å²) < 4.78 is 0. The van der Waals surface area contributed by atoms with Gasteiger partial charge in [-0.15, -0.1) is 0 Å². The normalized spacial score (nSPS) is 10.6. The van der Waals surface area contributed by atoms with E-state index >= 15 is 0 Å². The second-order valence-electron chi connectivity index (χ2n) is 4.22. The van der Waals surface area contributed by atoms with Gasteiger partial charge in [0.1, 0.15) is 5.82 Å². The smallest absolute Gasteiger partial charge is 0.226 e. The summed E-state index contributed by atoms with van der Waals surface area (Å²) >= 11 is 0. The summed E-state index contributed by atoms with van der Waals surface area (Å²) in [6, 6.07) is 1.89. The predicted molar refractivity (Wildman–Crippen MR) is 68.0 cm³/mol. The van der Waals surface area contributed by atoms with Crippen molar-refractivity contribution in [1.29, 1.82) is 0 Å². The monoisotopic (exact) mass is 223 g/mol. The Labute approximate surface area is 97.5 Å². The van der Waals surface area contributed by atoms with Crippen molar-refractivity contribution in [1.82, 2.24) is 14.9 Å². The first-order valence-corrected chi connectivity index (χ1v) is 5.48. The quantitative estimate of drug-likeness (QED) is 0.726. The van der Waals surface area contributed by atoms with Crippen LogP contribution >= 0.6 is 0 Å².